The van der Waals surface area contributed by atoms with Crippen LogP contribution >= 0.6 is 0 Å². The summed E-state index contributed by atoms with van der Waals surface area (Å²) >= 11 is 0. The smallest absolute Gasteiger partial charge is 0.227 e. The largest absolute Gasteiger partial charge is 0.396 e. The summed E-state index contributed by atoms with van der Waals surface area (Å²) in [6, 6.07) is 3.58. The molecule has 0 atom stereocenters. The van der Waals surface area contributed by atoms with Crippen LogP contribution in [0, 0.1) is 0 Å². The van der Waals surface area contributed by atoms with Crippen LogP contribution in [0.15, 0.2) is 29.0 Å². The highest BCUT2D eigenvalue weighted by molar-refractivity contribution is 5.75. The summed E-state index contributed by atoms with van der Waals surface area (Å²) in [6.45, 7) is 0.542. The molecule has 0 radical (unpaired) electrons. The number of carbonyl (C=O) groups excluding carboxylic acids is 1. The van der Waals surface area contributed by atoms with Crippen LogP contribution in [0.1, 0.15) is 18.7 Å². The van der Waals surface area contributed by atoms with Gasteiger partial charge in [0, 0.05) is 44.0 Å². The Kier molecular flexibility index (Phi) is 5.19. The minimum Gasteiger partial charge on any atom is -0.396 e. The Labute approximate surface area is 116 Å². The molecule has 106 valence electrons. The molecule has 2 N–H and O–H groups in total. The molecule has 0 aromatic carbocycles. The molecule has 0 saturated heterocycles. The normalized spacial score (nSPS) is 10.4. The standard InChI is InChI=1S/C13H16N4O3/c18-9-1-6-15-11(19)2-3-12-16-13(17-20-12)10-4-7-14-8-5-10/h4-5,7-8,18H,1-3,6,9H2,(H,15,19). The van der Waals surface area contributed by atoms with Crippen molar-refractivity contribution in [2.75, 3.05) is 13.2 Å². The molecule has 2 aromatic rings. The van der Waals surface area contributed by atoms with Gasteiger partial charge in [-0.1, -0.05) is 5.16 Å². The monoisotopic (exact) mass is 276 g/mol. The Balaban J connectivity index is 1.83. The summed E-state index contributed by atoms with van der Waals surface area (Å²) in [5.41, 5.74) is 0.822. The Bertz CT molecular complexity index is 542. The Morgan fingerprint density at radius 2 is 2.15 bits per heavy atom. The fourth-order valence-corrected chi connectivity index (χ4v) is 1.59. The van der Waals surface area contributed by atoms with E-state index in [2.05, 4.69) is 20.4 Å². The van der Waals surface area contributed by atoms with Gasteiger partial charge in [-0.2, -0.15) is 4.98 Å². The van der Waals surface area contributed by atoms with Crippen LogP contribution in [0.4, 0.5) is 0 Å². The summed E-state index contributed by atoms with van der Waals surface area (Å²) in [4.78, 5) is 19.6. The van der Waals surface area contributed by atoms with E-state index in [-0.39, 0.29) is 18.9 Å². The van der Waals surface area contributed by atoms with Gasteiger partial charge < -0.3 is 14.9 Å². The van der Waals surface area contributed by atoms with E-state index in [1.165, 1.54) is 0 Å². The molecule has 1 amide bonds. The van der Waals surface area contributed by atoms with Gasteiger partial charge in [0.1, 0.15) is 0 Å². The molecule has 0 spiro atoms. The van der Waals surface area contributed by atoms with E-state index < -0.39 is 0 Å². The van der Waals surface area contributed by atoms with Crippen molar-refractivity contribution >= 4 is 5.91 Å². The van der Waals surface area contributed by atoms with Crippen LogP contribution in [0.5, 0.6) is 0 Å². The lowest BCUT2D eigenvalue weighted by Gasteiger charge is -2.01. The first kappa shape index (κ1) is 14.1. The van der Waals surface area contributed by atoms with Gasteiger partial charge in [0.2, 0.25) is 17.6 Å². The number of amides is 1. The van der Waals surface area contributed by atoms with E-state index in [4.69, 9.17) is 9.63 Å². The second kappa shape index (κ2) is 7.34. The molecule has 2 aromatic heterocycles. The van der Waals surface area contributed by atoms with Crippen molar-refractivity contribution in [2.24, 2.45) is 0 Å². The first-order valence-electron chi connectivity index (χ1n) is 6.40. The van der Waals surface area contributed by atoms with Crippen LogP contribution in [0.3, 0.4) is 0 Å². The lowest BCUT2D eigenvalue weighted by molar-refractivity contribution is -0.121. The van der Waals surface area contributed by atoms with Crippen LogP contribution < -0.4 is 5.32 Å². The molecule has 7 nitrogen and oxygen atoms in total. The van der Waals surface area contributed by atoms with Crippen molar-refractivity contribution in [1.82, 2.24) is 20.4 Å². The number of aliphatic hydroxyl groups is 1. The second-order valence-electron chi connectivity index (χ2n) is 4.17. The number of pyridine rings is 1. The fourth-order valence-electron chi connectivity index (χ4n) is 1.59. The van der Waals surface area contributed by atoms with Gasteiger partial charge in [0.25, 0.3) is 0 Å². The Hall–Kier alpha value is -2.28. The molecule has 0 aliphatic carbocycles. The highest BCUT2D eigenvalue weighted by atomic mass is 16.5. The van der Waals surface area contributed by atoms with Crippen LogP contribution in [-0.2, 0) is 11.2 Å². The van der Waals surface area contributed by atoms with Crippen molar-refractivity contribution in [2.45, 2.75) is 19.3 Å². The average Bonchev–Trinajstić information content (AvgIpc) is 2.95. The van der Waals surface area contributed by atoms with Gasteiger partial charge in [-0.3, -0.25) is 9.78 Å². The number of aliphatic hydroxyl groups excluding tert-OH is 1. The maximum absolute atomic E-state index is 11.5. The molecule has 0 saturated carbocycles. The number of rotatable bonds is 7. The van der Waals surface area contributed by atoms with Gasteiger partial charge in [-0.05, 0) is 18.6 Å². The van der Waals surface area contributed by atoms with Crippen molar-refractivity contribution < 1.29 is 14.4 Å². The van der Waals surface area contributed by atoms with E-state index in [0.29, 0.717) is 31.1 Å². The van der Waals surface area contributed by atoms with E-state index in [1.807, 2.05) is 0 Å². The zero-order valence-electron chi connectivity index (χ0n) is 11.0. The molecule has 0 bridgehead atoms. The number of nitrogens with one attached hydrogen (secondary N) is 1. The molecule has 0 aliphatic rings. The minimum atomic E-state index is -0.0953. The van der Waals surface area contributed by atoms with E-state index in [0.717, 1.165) is 5.56 Å². The molecule has 0 fully saturated rings. The average molecular weight is 276 g/mol. The molecule has 7 heteroatoms. The zero-order valence-corrected chi connectivity index (χ0v) is 11.0. The number of hydrogen-bond acceptors (Lipinski definition) is 6. The summed E-state index contributed by atoms with van der Waals surface area (Å²) < 4.78 is 5.09. The molecule has 2 rings (SSSR count). The topological polar surface area (TPSA) is 101 Å². The maximum atomic E-state index is 11.5. The lowest BCUT2D eigenvalue weighted by Crippen LogP contribution is -2.25. The third kappa shape index (κ3) is 4.13. The molecule has 0 unspecified atom stereocenters. The summed E-state index contributed by atoms with van der Waals surface area (Å²) in [7, 11) is 0. The maximum Gasteiger partial charge on any atom is 0.227 e. The third-order valence-electron chi connectivity index (χ3n) is 2.63. The van der Waals surface area contributed by atoms with Crippen LogP contribution in [0.25, 0.3) is 11.4 Å². The SMILES string of the molecule is O=C(CCc1nc(-c2ccncc2)no1)NCCCO. The summed E-state index contributed by atoms with van der Waals surface area (Å²) in [5.74, 6) is 0.819. The molecule has 2 heterocycles. The van der Waals surface area contributed by atoms with E-state index in [1.54, 1.807) is 24.5 Å². The van der Waals surface area contributed by atoms with Crippen LogP contribution in [0.2, 0.25) is 0 Å². The van der Waals surface area contributed by atoms with Gasteiger partial charge in [0.15, 0.2) is 0 Å². The van der Waals surface area contributed by atoms with Gasteiger partial charge in [-0.15, -0.1) is 0 Å². The van der Waals surface area contributed by atoms with E-state index in [9.17, 15) is 4.79 Å². The third-order valence-corrected chi connectivity index (χ3v) is 2.63. The van der Waals surface area contributed by atoms with Crippen molar-refractivity contribution in [1.29, 1.82) is 0 Å². The first-order valence-corrected chi connectivity index (χ1v) is 6.40. The Morgan fingerprint density at radius 1 is 1.35 bits per heavy atom. The van der Waals surface area contributed by atoms with Crippen LogP contribution in [-0.4, -0.2) is 39.3 Å². The second-order valence-corrected chi connectivity index (χ2v) is 4.17. The molecule has 0 aliphatic heterocycles. The number of aromatic nitrogens is 3. The summed E-state index contributed by atoms with van der Waals surface area (Å²) in [6.07, 6.45) is 4.53. The van der Waals surface area contributed by atoms with Crippen molar-refractivity contribution in [3.63, 3.8) is 0 Å². The minimum absolute atomic E-state index is 0.0687. The van der Waals surface area contributed by atoms with Gasteiger partial charge in [0.05, 0.1) is 0 Å². The lowest BCUT2D eigenvalue weighted by atomic mass is 10.2. The number of hydrogen-bond donors (Lipinski definition) is 2. The first-order chi connectivity index (χ1) is 9.79. The van der Waals surface area contributed by atoms with Gasteiger partial charge >= 0.3 is 0 Å². The highest BCUT2D eigenvalue weighted by Crippen LogP contribution is 2.14. The molecular formula is C13H16N4O3. The summed E-state index contributed by atoms with van der Waals surface area (Å²) in [5, 5.41) is 15.2. The Morgan fingerprint density at radius 3 is 2.90 bits per heavy atom. The fraction of sp³-hybridized carbons (Fsp3) is 0.385. The predicted octanol–water partition coefficient (Wildman–Crippen LogP) is 0.563. The van der Waals surface area contributed by atoms with Gasteiger partial charge in [-0.25, -0.2) is 0 Å². The van der Waals surface area contributed by atoms with Crippen molar-refractivity contribution in [3.8, 4) is 11.4 Å². The van der Waals surface area contributed by atoms with E-state index >= 15 is 0 Å². The highest BCUT2D eigenvalue weighted by Gasteiger charge is 2.10. The van der Waals surface area contributed by atoms with Crippen molar-refractivity contribution in [3.05, 3.63) is 30.4 Å². The number of aryl methyl sites for hydroxylation is 1. The molecule has 20 heavy (non-hydrogen) atoms. The zero-order chi connectivity index (χ0) is 14.2. The predicted molar refractivity (Wildman–Crippen MR) is 70.6 cm³/mol. The number of nitrogens with zero attached hydrogens (tertiary/aromatic N) is 3. The quantitative estimate of drug-likeness (QED) is 0.717. The number of carbonyl (C=O) groups is 1. The molecular weight excluding hydrogens is 260 g/mol.